The number of halogens is 2. The number of rotatable bonds is 1. The smallest absolute Gasteiger partial charge is 0.337 e. The Morgan fingerprint density at radius 2 is 2.43 bits per heavy atom. The van der Waals surface area contributed by atoms with Crippen LogP contribution in [0.5, 0.6) is 0 Å². The molecule has 0 aliphatic carbocycles. The summed E-state index contributed by atoms with van der Waals surface area (Å²) in [4.78, 5) is 14.5. The van der Waals surface area contributed by atoms with Crippen molar-refractivity contribution in [1.82, 2.24) is 4.98 Å². The van der Waals surface area contributed by atoms with Crippen molar-refractivity contribution in [2.75, 3.05) is 5.33 Å². The van der Waals surface area contributed by atoms with Gasteiger partial charge in [-0.1, -0.05) is 39.4 Å². The second-order valence-corrected chi connectivity index (χ2v) is 3.24. The van der Waals surface area contributed by atoms with Crippen LogP contribution in [0.4, 0.5) is 0 Å². The second-order valence-electron chi connectivity index (χ2n) is 2.29. The molecule has 14 heavy (non-hydrogen) atoms. The zero-order chi connectivity index (χ0) is 10.6. The first-order valence-electron chi connectivity index (χ1n) is 3.59. The van der Waals surface area contributed by atoms with Crippen molar-refractivity contribution >= 4 is 33.5 Å². The molecule has 0 aromatic carbocycles. The first-order valence-corrected chi connectivity index (χ1v) is 5.08. The Morgan fingerprint density at radius 3 is 3.00 bits per heavy atom. The lowest BCUT2D eigenvalue weighted by molar-refractivity contribution is 0.0696. The fourth-order valence-corrected chi connectivity index (χ4v) is 1.13. The summed E-state index contributed by atoms with van der Waals surface area (Å²) in [6, 6.07) is 1.28. The zero-order valence-corrected chi connectivity index (χ0v) is 9.26. The Labute approximate surface area is 94.2 Å². The fraction of sp³-hybridized carbons (Fsp3) is 0.111. The monoisotopic (exact) mass is 273 g/mol. The van der Waals surface area contributed by atoms with Crippen molar-refractivity contribution in [3.63, 3.8) is 0 Å². The van der Waals surface area contributed by atoms with E-state index < -0.39 is 5.97 Å². The van der Waals surface area contributed by atoms with Gasteiger partial charge in [0.2, 0.25) is 0 Å². The van der Waals surface area contributed by atoms with E-state index in [0.717, 1.165) is 0 Å². The molecule has 3 nitrogen and oxygen atoms in total. The van der Waals surface area contributed by atoms with E-state index in [-0.39, 0.29) is 10.7 Å². The van der Waals surface area contributed by atoms with Crippen LogP contribution in [0.3, 0.4) is 0 Å². The summed E-state index contributed by atoms with van der Waals surface area (Å²) in [6.07, 6.45) is 1.35. The van der Waals surface area contributed by atoms with Crippen LogP contribution in [-0.4, -0.2) is 21.4 Å². The highest BCUT2D eigenvalue weighted by Gasteiger charge is 2.09. The number of hydrogen-bond donors (Lipinski definition) is 1. The topological polar surface area (TPSA) is 50.2 Å². The van der Waals surface area contributed by atoms with E-state index in [4.69, 9.17) is 16.7 Å². The van der Waals surface area contributed by atoms with Crippen molar-refractivity contribution in [2.24, 2.45) is 0 Å². The van der Waals surface area contributed by atoms with Crippen LogP contribution in [0.15, 0.2) is 12.3 Å². The molecule has 0 saturated heterocycles. The summed E-state index contributed by atoms with van der Waals surface area (Å²) in [7, 11) is 0. The molecule has 0 spiro atoms. The highest BCUT2D eigenvalue weighted by Crippen LogP contribution is 2.12. The van der Waals surface area contributed by atoms with Crippen LogP contribution < -0.4 is 0 Å². The summed E-state index contributed by atoms with van der Waals surface area (Å²) in [6.45, 7) is 0. The third-order valence-electron chi connectivity index (χ3n) is 1.39. The van der Waals surface area contributed by atoms with Gasteiger partial charge in [0.25, 0.3) is 0 Å². The van der Waals surface area contributed by atoms with Crippen molar-refractivity contribution in [3.8, 4) is 11.8 Å². The van der Waals surface area contributed by atoms with Crippen molar-refractivity contribution in [2.45, 2.75) is 0 Å². The average Bonchev–Trinajstić information content (AvgIpc) is 2.15. The Morgan fingerprint density at radius 1 is 1.71 bits per heavy atom. The Balaban J connectivity index is 3.22. The van der Waals surface area contributed by atoms with Crippen LogP contribution >= 0.6 is 27.5 Å². The molecule has 5 heteroatoms. The zero-order valence-electron chi connectivity index (χ0n) is 6.92. The molecule has 1 rings (SSSR count). The van der Waals surface area contributed by atoms with Gasteiger partial charge in [-0.2, -0.15) is 0 Å². The van der Waals surface area contributed by atoms with Crippen LogP contribution in [0.25, 0.3) is 0 Å². The molecule has 0 aliphatic rings. The Hall–Kier alpha value is -1.05. The molecule has 0 amide bonds. The van der Waals surface area contributed by atoms with Crippen LogP contribution in [0.2, 0.25) is 5.15 Å². The fourth-order valence-electron chi connectivity index (χ4n) is 0.835. The number of carbonyl (C=O) groups is 1. The molecular weight excluding hydrogens is 269 g/mol. The van der Waals surface area contributed by atoms with Gasteiger partial charge in [-0.3, -0.25) is 0 Å². The Bertz CT molecular complexity index is 423. The molecule has 1 aromatic rings. The van der Waals surface area contributed by atoms with E-state index in [9.17, 15) is 4.79 Å². The van der Waals surface area contributed by atoms with Gasteiger partial charge < -0.3 is 5.11 Å². The molecule has 0 aliphatic heterocycles. The van der Waals surface area contributed by atoms with Crippen LogP contribution in [0, 0.1) is 11.8 Å². The molecule has 0 saturated carbocycles. The quantitative estimate of drug-likeness (QED) is 0.485. The van der Waals surface area contributed by atoms with Crippen LogP contribution in [-0.2, 0) is 0 Å². The molecule has 0 atom stereocenters. The average molecular weight is 275 g/mol. The predicted molar refractivity (Wildman–Crippen MR) is 56.9 cm³/mol. The number of aromatic nitrogens is 1. The maximum atomic E-state index is 10.8. The van der Waals surface area contributed by atoms with Gasteiger partial charge in [-0.25, -0.2) is 9.78 Å². The number of alkyl halides is 1. The first-order chi connectivity index (χ1) is 6.65. The molecule has 0 bridgehead atoms. The molecular formula is C9H5BrClNO2. The van der Waals surface area contributed by atoms with Crippen LogP contribution in [0.1, 0.15) is 15.9 Å². The number of aromatic carboxylic acids is 1. The summed E-state index contributed by atoms with van der Waals surface area (Å²) in [5.41, 5.74) is 0.430. The minimum Gasteiger partial charge on any atom is -0.478 e. The second kappa shape index (κ2) is 4.99. The number of pyridine rings is 1. The molecule has 1 aromatic heterocycles. The molecule has 1 heterocycles. The lowest BCUT2D eigenvalue weighted by Crippen LogP contribution is -2.00. The van der Waals surface area contributed by atoms with E-state index in [2.05, 4.69) is 32.8 Å². The SMILES string of the molecule is O=C(O)c1cc(Cl)ncc1C#CCBr. The number of hydrogen-bond acceptors (Lipinski definition) is 2. The largest absolute Gasteiger partial charge is 0.478 e. The first kappa shape index (κ1) is 11.0. The summed E-state index contributed by atoms with van der Waals surface area (Å²) in [5.74, 6) is 4.31. The number of carboxylic acids is 1. The Kier molecular flexibility index (Phi) is 3.93. The van der Waals surface area contributed by atoms with Gasteiger partial charge in [-0.15, -0.1) is 0 Å². The minimum absolute atomic E-state index is 0.0680. The third kappa shape index (κ3) is 2.72. The molecule has 0 radical (unpaired) electrons. The van der Waals surface area contributed by atoms with Crippen molar-refractivity contribution in [3.05, 3.63) is 28.5 Å². The minimum atomic E-state index is -1.06. The predicted octanol–water partition coefficient (Wildman–Crippen LogP) is 2.18. The van der Waals surface area contributed by atoms with E-state index in [0.29, 0.717) is 10.9 Å². The van der Waals surface area contributed by atoms with Crippen molar-refractivity contribution < 1.29 is 9.90 Å². The lowest BCUT2D eigenvalue weighted by atomic mass is 10.1. The molecule has 1 N–H and O–H groups in total. The molecule has 72 valence electrons. The maximum Gasteiger partial charge on any atom is 0.337 e. The summed E-state index contributed by atoms with van der Waals surface area (Å²) in [5, 5.41) is 9.45. The van der Waals surface area contributed by atoms with Gasteiger partial charge in [0.15, 0.2) is 0 Å². The summed E-state index contributed by atoms with van der Waals surface area (Å²) >= 11 is 8.68. The van der Waals surface area contributed by atoms with Gasteiger partial charge >= 0.3 is 5.97 Å². The maximum absolute atomic E-state index is 10.8. The third-order valence-corrected chi connectivity index (χ3v) is 1.88. The van der Waals surface area contributed by atoms with E-state index in [1.54, 1.807) is 0 Å². The van der Waals surface area contributed by atoms with E-state index in [1.165, 1.54) is 12.3 Å². The van der Waals surface area contributed by atoms with Gasteiger partial charge in [-0.05, 0) is 6.07 Å². The van der Waals surface area contributed by atoms with Gasteiger partial charge in [0.05, 0.1) is 16.5 Å². The number of carboxylic acid groups (broad SMARTS) is 1. The van der Waals surface area contributed by atoms with E-state index in [1.807, 2.05) is 0 Å². The highest BCUT2D eigenvalue weighted by atomic mass is 79.9. The number of nitrogens with zero attached hydrogens (tertiary/aromatic N) is 1. The molecule has 0 fully saturated rings. The standard InChI is InChI=1S/C9H5BrClNO2/c10-3-1-2-6-5-12-8(11)4-7(6)9(13)14/h4-5H,3H2,(H,13,14). The molecule has 0 unspecified atom stereocenters. The van der Waals surface area contributed by atoms with Gasteiger partial charge in [0, 0.05) is 6.20 Å². The summed E-state index contributed by atoms with van der Waals surface area (Å²) < 4.78 is 0. The van der Waals surface area contributed by atoms with Gasteiger partial charge in [0.1, 0.15) is 5.15 Å². The normalized spacial score (nSPS) is 9.00. The highest BCUT2D eigenvalue weighted by molar-refractivity contribution is 9.09. The lowest BCUT2D eigenvalue weighted by Gasteiger charge is -1.98. The van der Waals surface area contributed by atoms with Crippen molar-refractivity contribution in [1.29, 1.82) is 0 Å². The van der Waals surface area contributed by atoms with E-state index >= 15 is 0 Å².